The van der Waals surface area contributed by atoms with Gasteiger partial charge in [-0.25, -0.2) is 4.79 Å². The Labute approximate surface area is 221 Å². The molecule has 2 heterocycles. The minimum atomic E-state index is -0.536. The zero-order valence-electron chi connectivity index (χ0n) is 22.2. The van der Waals surface area contributed by atoms with Gasteiger partial charge in [0.25, 0.3) is 0 Å². The number of carbonyl (C=O) groups is 3. The number of rotatable bonds is 10. The number of benzene rings is 2. The summed E-state index contributed by atoms with van der Waals surface area (Å²) < 4.78 is 5.53. The van der Waals surface area contributed by atoms with Crippen molar-refractivity contribution in [3.05, 3.63) is 71.8 Å². The number of amides is 2. The summed E-state index contributed by atoms with van der Waals surface area (Å²) in [7, 11) is 0. The molecule has 2 saturated heterocycles. The number of esters is 1. The average Bonchev–Trinajstić information content (AvgIpc) is 3.61. The molecule has 0 aromatic heterocycles. The molecule has 2 aromatic rings. The summed E-state index contributed by atoms with van der Waals surface area (Å²) in [6, 6.07) is 19.7. The van der Waals surface area contributed by atoms with Gasteiger partial charge in [-0.1, -0.05) is 74.5 Å². The molecule has 4 atom stereocenters. The lowest BCUT2D eigenvalue weighted by atomic mass is 9.94. The summed E-state index contributed by atoms with van der Waals surface area (Å²) >= 11 is 0. The summed E-state index contributed by atoms with van der Waals surface area (Å²) in [5, 5.41) is 0. The van der Waals surface area contributed by atoms with E-state index >= 15 is 0 Å². The highest BCUT2D eigenvalue weighted by molar-refractivity contribution is 5.87. The first-order chi connectivity index (χ1) is 17.9. The van der Waals surface area contributed by atoms with Gasteiger partial charge in [-0.15, -0.1) is 0 Å². The lowest BCUT2D eigenvalue weighted by Gasteiger charge is -2.30. The Morgan fingerprint density at radius 3 is 2.05 bits per heavy atom. The van der Waals surface area contributed by atoms with Gasteiger partial charge in [0.2, 0.25) is 11.8 Å². The molecule has 0 aliphatic carbocycles. The largest absolute Gasteiger partial charge is 0.459 e. The van der Waals surface area contributed by atoms with Gasteiger partial charge >= 0.3 is 5.97 Å². The van der Waals surface area contributed by atoms with Crippen LogP contribution in [-0.2, 0) is 32.1 Å². The summed E-state index contributed by atoms with van der Waals surface area (Å²) in [4.78, 5) is 43.2. The number of carbonyl (C=O) groups excluding carboxylic acids is 3. The molecule has 0 saturated carbocycles. The lowest BCUT2D eigenvalue weighted by molar-refractivity contribution is -0.156. The van der Waals surface area contributed by atoms with Crippen LogP contribution in [0.3, 0.4) is 0 Å². The maximum Gasteiger partial charge on any atom is 0.329 e. The van der Waals surface area contributed by atoms with Crippen molar-refractivity contribution < 1.29 is 19.1 Å². The van der Waals surface area contributed by atoms with Crippen molar-refractivity contribution in [2.75, 3.05) is 13.1 Å². The molecule has 0 radical (unpaired) electrons. The number of ether oxygens (including phenoxy) is 1. The molecule has 2 fully saturated rings. The molecule has 0 N–H and O–H groups in total. The molecule has 2 aromatic carbocycles. The molecule has 37 heavy (non-hydrogen) atoms. The molecule has 6 heteroatoms. The highest BCUT2D eigenvalue weighted by atomic mass is 16.5. The molecule has 2 unspecified atom stereocenters. The van der Waals surface area contributed by atoms with E-state index in [9.17, 15) is 14.4 Å². The second kappa shape index (κ2) is 12.9. The minimum Gasteiger partial charge on any atom is -0.459 e. The SMILES string of the molecule is CC(CC(C)C(=O)N1CCC[C@@H]1C(=O)OCc1ccccc1)C(=O)N1CCC[C@H]1CCc1ccccc1. The Hall–Kier alpha value is -3.15. The molecule has 2 amide bonds. The van der Waals surface area contributed by atoms with E-state index in [1.54, 1.807) is 4.90 Å². The van der Waals surface area contributed by atoms with E-state index in [2.05, 4.69) is 24.3 Å². The second-order valence-electron chi connectivity index (χ2n) is 10.7. The number of hydrogen-bond donors (Lipinski definition) is 0. The smallest absolute Gasteiger partial charge is 0.329 e. The maximum atomic E-state index is 13.4. The number of hydrogen-bond acceptors (Lipinski definition) is 4. The van der Waals surface area contributed by atoms with Crippen LogP contribution < -0.4 is 0 Å². The third-order valence-corrected chi connectivity index (χ3v) is 7.85. The maximum absolute atomic E-state index is 13.4. The van der Waals surface area contributed by atoms with Crippen molar-refractivity contribution in [2.24, 2.45) is 11.8 Å². The fourth-order valence-electron chi connectivity index (χ4n) is 5.80. The molecule has 198 valence electrons. The van der Waals surface area contributed by atoms with Crippen LogP contribution in [0.2, 0.25) is 0 Å². The third kappa shape index (κ3) is 7.00. The van der Waals surface area contributed by atoms with E-state index in [0.717, 1.165) is 44.2 Å². The topological polar surface area (TPSA) is 66.9 Å². The first kappa shape index (κ1) is 26.9. The van der Waals surface area contributed by atoms with Crippen LogP contribution in [0.1, 0.15) is 63.5 Å². The predicted octanol–water partition coefficient (Wildman–Crippen LogP) is 5.01. The summed E-state index contributed by atoms with van der Waals surface area (Å²) in [5.74, 6) is -0.810. The first-order valence-corrected chi connectivity index (χ1v) is 13.8. The van der Waals surface area contributed by atoms with Gasteiger partial charge in [-0.05, 0) is 56.1 Å². The fraction of sp³-hybridized carbons (Fsp3) is 0.516. The zero-order chi connectivity index (χ0) is 26.2. The van der Waals surface area contributed by atoms with Gasteiger partial charge in [0, 0.05) is 31.0 Å². The quantitative estimate of drug-likeness (QED) is 0.427. The summed E-state index contributed by atoms with van der Waals surface area (Å²) in [6.45, 7) is 5.39. The van der Waals surface area contributed by atoms with Crippen LogP contribution in [-0.4, -0.2) is 52.8 Å². The van der Waals surface area contributed by atoms with Gasteiger partial charge < -0.3 is 14.5 Å². The van der Waals surface area contributed by atoms with Crippen LogP contribution in [0.5, 0.6) is 0 Å². The fourth-order valence-corrected chi connectivity index (χ4v) is 5.80. The predicted molar refractivity (Wildman–Crippen MR) is 143 cm³/mol. The van der Waals surface area contributed by atoms with Gasteiger partial charge in [-0.3, -0.25) is 9.59 Å². The third-order valence-electron chi connectivity index (χ3n) is 7.85. The Kier molecular flexibility index (Phi) is 9.37. The first-order valence-electron chi connectivity index (χ1n) is 13.8. The Bertz CT molecular complexity index is 1040. The Balaban J connectivity index is 1.28. The zero-order valence-corrected chi connectivity index (χ0v) is 22.2. The summed E-state index contributed by atoms with van der Waals surface area (Å²) in [6.07, 6.45) is 5.91. The van der Waals surface area contributed by atoms with Crippen molar-refractivity contribution in [1.29, 1.82) is 0 Å². The van der Waals surface area contributed by atoms with E-state index in [0.29, 0.717) is 19.4 Å². The van der Waals surface area contributed by atoms with E-state index in [1.807, 2.05) is 55.1 Å². The molecular formula is C31H40N2O4. The molecular weight excluding hydrogens is 464 g/mol. The number of likely N-dealkylation sites (tertiary alicyclic amines) is 2. The highest BCUT2D eigenvalue weighted by Gasteiger charge is 2.38. The molecule has 4 rings (SSSR count). The van der Waals surface area contributed by atoms with E-state index in [1.165, 1.54) is 5.56 Å². The van der Waals surface area contributed by atoms with Crippen molar-refractivity contribution in [2.45, 2.75) is 77.5 Å². The van der Waals surface area contributed by atoms with Crippen LogP contribution in [0, 0.1) is 11.8 Å². The van der Waals surface area contributed by atoms with Crippen molar-refractivity contribution in [1.82, 2.24) is 9.80 Å². The minimum absolute atomic E-state index is 0.0548. The van der Waals surface area contributed by atoms with Crippen LogP contribution in [0.4, 0.5) is 0 Å². The molecule has 2 aliphatic rings. The standard InChI is InChI=1S/C31H40N2O4/c1-23(29(34)32-19-9-15-27(32)18-17-25-11-5-3-6-12-25)21-24(2)30(35)33-20-10-16-28(33)31(36)37-22-26-13-7-4-8-14-26/h3-8,11-14,23-24,27-28H,9-10,15-22H2,1-2H3/t23?,24?,27-,28+/m0/s1. The Morgan fingerprint density at radius 2 is 1.38 bits per heavy atom. The van der Waals surface area contributed by atoms with Crippen molar-refractivity contribution in [3.8, 4) is 0 Å². The normalized spacial score (nSPS) is 21.0. The second-order valence-corrected chi connectivity index (χ2v) is 10.7. The van der Waals surface area contributed by atoms with Crippen molar-refractivity contribution >= 4 is 17.8 Å². The van der Waals surface area contributed by atoms with Crippen LogP contribution in [0.15, 0.2) is 60.7 Å². The lowest BCUT2D eigenvalue weighted by Crippen LogP contribution is -2.45. The van der Waals surface area contributed by atoms with E-state index in [4.69, 9.17) is 4.74 Å². The molecule has 0 spiro atoms. The molecule has 0 bridgehead atoms. The van der Waals surface area contributed by atoms with E-state index < -0.39 is 6.04 Å². The van der Waals surface area contributed by atoms with Crippen LogP contribution in [0.25, 0.3) is 0 Å². The van der Waals surface area contributed by atoms with Gasteiger partial charge in [0.1, 0.15) is 12.6 Å². The van der Waals surface area contributed by atoms with E-state index in [-0.39, 0.29) is 42.3 Å². The monoisotopic (exact) mass is 504 g/mol. The van der Waals surface area contributed by atoms with Crippen LogP contribution >= 0.6 is 0 Å². The van der Waals surface area contributed by atoms with Crippen molar-refractivity contribution in [3.63, 3.8) is 0 Å². The number of nitrogens with zero attached hydrogens (tertiary/aromatic N) is 2. The van der Waals surface area contributed by atoms with Gasteiger partial charge in [0.05, 0.1) is 0 Å². The number of aryl methyl sites for hydroxylation is 1. The Morgan fingerprint density at radius 1 is 0.811 bits per heavy atom. The van der Waals surface area contributed by atoms with Gasteiger partial charge in [-0.2, -0.15) is 0 Å². The molecule has 6 nitrogen and oxygen atoms in total. The summed E-state index contributed by atoms with van der Waals surface area (Å²) in [5.41, 5.74) is 2.23. The highest BCUT2D eigenvalue weighted by Crippen LogP contribution is 2.28. The average molecular weight is 505 g/mol. The van der Waals surface area contributed by atoms with Gasteiger partial charge in [0.15, 0.2) is 0 Å². The molecule has 2 aliphatic heterocycles.